The SMILES string of the molecule is CNCCC1CCN(C(=O)c2ccc(-c3ccc(OC(F)F)cc3)s2)CC1.Cl. The number of alkyl halides is 2. The van der Waals surface area contributed by atoms with Gasteiger partial charge in [-0.05, 0) is 80.7 Å². The fourth-order valence-electron chi connectivity index (χ4n) is 3.34. The van der Waals surface area contributed by atoms with Crippen LogP contribution in [0.4, 0.5) is 8.78 Å². The van der Waals surface area contributed by atoms with Crippen LogP contribution in [-0.2, 0) is 0 Å². The molecule has 0 saturated carbocycles. The first-order valence-electron chi connectivity index (χ1n) is 9.16. The van der Waals surface area contributed by atoms with Gasteiger partial charge in [-0.3, -0.25) is 4.79 Å². The lowest BCUT2D eigenvalue weighted by Crippen LogP contribution is -2.38. The van der Waals surface area contributed by atoms with Gasteiger partial charge in [-0.1, -0.05) is 0 Å². The molecule has 0 bridgehead atoms. The summed E-state index contributed by atoms with van der Waals surface area (Å²) in [4.78, 5) is 16.3. The molecular weight excluding hydrogens is 406 g/mol. The molecule has 2 aromatic rings. The van der Waals surface area contributed by atoms with Crippen LogP contribution in [0, 0.1) is 5.92 Å². The molecule has 154 valence electrons. The van der Waals surface area contributed by atoms with Gasteiger partial charge in [0.2, 0.25) is 0 Å². The Hall–Kier alpha value is -1.70. The van der Waals surface area contributed by atoms with Crippen molar-refractivity contribution < 1.29 is 18.3 Å². The Kier molecular flexibility index (Phi) is 8.66. The van der Waals surface area contributed by atoms with E-state index in [9.17, 15) is 13.6 Å². The van der Waals surface area contributed by atoms with Gasteiger partial charge in [-0.25, -0.2) is 0 Å². The molecule has 1 aromatic carbocycles. The zero-order valence-electron chi connectivity index (χ0n) is 15.7. The van der Waals surface area contributed by atoms with E-state index in [1.807, 2.05) is 24.1 Å². The number of amides is 1. The van der Waals surface area contributed by atoms with Crippen molar-refractivity contribution in [1.82, 2.24) is 10.2 Å². The molecule has 1 aromatic heterocycles. The molecule has 0 radical (unpaired) electrons. The Labute approximate surface area is 174 Å². The van der Waals surface area contributed by atoms with Gasteiger partial charge in [-0.2, -0.15) is 8.78 Å². The Bertz CT molecular complexity index is 747. The molecule has 0 aliphatic carbocycles. The maximum absolute atomic E-state index is 12.8. The number of hydrogen-bond donors (Lipinski definition) is 1. The summed E-state index contributed by atoms with van der Waals surface area (Å²) in [5.74, 6) is 0.896. The molecule has 8 heteroatoms. The highest BCUT2D eigenvalue weighted by Gasteiger charge is 2.24. The molecule has 1 aliphatic rings. The summed E-state index contributed by atoms with van der Waals surface area (Å²) in [6, 6.07) is 10.2. The second-order valence-electron chi connectivity index (χ2n) is 6.69. The topological polar surface area (TPSA) is 41.6 Å². The van der Waals surface area contributed by atoms with Gasteiger partial charge < -0.3 is 15.0 Å². The van der Waals surface area contributed by atoms with Crippen molar-refractivity contribution in [3.05, 3.63) is 41.3 Å². The van der Waals surface area contributed by atoms with Crippen molar-refractivity contribution in [2.45, 2.75) is 25.9 Å². The fraction of sp³-hybridized carbons (Fsp3) is 0.450. The van der Waals surface area contributed by atoms with E-state index in [0.717, 1.165) is 49.3 Å². The summed E-state index contributed by atoms with van der Waals surface area (Å²) >= 11 is 1.43. The lowest BCUT2D eigenvalue weighted by molar-refractivity contribution is -0.0498. The molecule has 1 N–H and O–H groups in total. The number of carbonyl (C=O) groups is 1. The van der Waals surface area contributed by atoms with Crippen LogP contribution in [-0.4, -0.2) is 44.1 Å². The Morgan fingerprint density at radius 1 is 1.21 bits per heavy atom. The number of hydrogen-bond acceptors (Lipinski definition) is 4. The Balaban J connectivity index is 0.00000280. The Morgan fingerprint density at radius 2 is 1.89 bits per heavy atom. The normalized spacial score (nSPS) is 14.8. The van der Waals surface area contributed by atoms with Crippen molar-refractivity contribution in [2.24, 2.45) is 5.92 Å². The van der Waals surface area contributed by atoms with Crippen molar-refractivity contribution >= 4 is 29.7 Å². The van der Waals surface area contributed by atoms with Crippen LogP contribution in [0.5, 0.6) is 5.75 Å². The lowest BCUT2D eigenvalue weighted by atomic mass is 9.93. The summed E-state index contributed by atoms with van der Waals surface area (Å²) in [6.45, 7) is -0.196. The first kappa shape index (κ1) is 22.6. The van der Waals surface area contributed by atoms with Gasteiger partial charge in [0, 0.05) is 18.0 Å². The zero-order chi connectivity index (χ0) is 19.2. The minimum absolute atomic E-state index is 0. The maximum atomic E-state index is 12.8. The highest BCUT2D eigenvalue weighted by Crippen LogP contribution is 2.31. The average Bonchev–Trinajstić information content (AvgIpc) is 3.16. The monoisotopic (exact) mass is 430 g/mol. The predicted molar refractivity (Wildman–Crippen MR) is 111 cm³/mol. The Morgan fingerprint density at radius 3 is 2.50 bits per heavy atom. The van der Waals surface area contributed by atoms with Gasteiger partial charge in [0.15, 0.2) is 0 Å². The molecule has 4 nitrogen and oxygen atoms in total. The summed E-state index contributed by atoms with van der Waals surface area (Å²) in [5, 5.41) is 3.18. The summed E-state index contributed by atoms with van der Waals surface area (Å²) in [7, 11) is 1.96. The number of carbonyl (C=O) groups excluding carboxylic acids is 1. The van der Waals surface area contributed by atoms with E-state index in [1.54, 1.807) is 12.1 Å². The number of piperidine rings is 1. The molecule has 1 fully saturated rings. The minimum atomic E-state index is -2.83. The molecule has 1 aliphatic heterocycles. The van der Waals surface area contributed by atoms with E-state index in [-0.39, 0.29) is 24.1 Å². The molecule has 28 heavy (non-hydrogen) atoms. The van der Waals surface area contributed by atoms with E-state index < -0.39 is 6.61 Å². The maximum Gasteiger partial charge on any atom is 0.387 e. The molecule has 0 unspecified atom stereocenters. The number of ether oxygens (including phenoxy) is 1. The average molecular weight is 431 g/mol. The summed E-state index contributed by atoms with van der Waals surface area (Å²) in [6.07, 6.45) is 3.27. The number of nitrogens with one attached hydrogen (secondary N) is 1. The van der Waals surface area contributed by atoms with E-state index in [0.29, 0.717) is 10.8 Å². The first-order valence-corrected chi connectivity index (χ1v) is 9.97. The van der Waals surface area contributed by atoms with Gasteiger partial charge in [0.05, 0.1) is 4.88 Å². The van der Waals surface area contributed by atoms with Crippen molar-refractivity contribution in [1.29, 1.82) is 0 Å². The molecule has 0 atom stereocenters. The number of benzene rings is 1. The van der Waals surface area contributed by atoms with Crippen LogP contribution in [0.2, 0.25) is 0 Å². The standard InChI is InChI=1S/C20H24F2N2O2S.ClH/c1-23-11-8-14-9-12-24(13-10-14)19(25)18-7-6-17(27-18)15-2-4-16(5-3-15)26-20(21)22;/h2-7,14,20,23H,8-13H2,1H3;1H. The van der Waals surface area contributed by atoms with Crippen LogP contribution in [0.3, 0.4) is 0 Å². The van der Waals surface area contributed by atoms with E-state index >= 15 is 0 Å². The lowest BCUT2D eigenvalue weighted by Gasteiger charge is -2.31. The van der Waals surface area contributed by atoms with Crippen LogP contribution >= 0.6 is 23.7 Å². The highest BCUT2D eigenvalue weighted by atomic mass is 35.5. The van der Waals surface area contributed by atoms with Crippen LogP contribution in [0.15, 0.2) is 36.4 Å². The summed E-state index contributed by atoms with van der Waals surface area (Å²) < 4.78 is 28.8. The third-order valence-electron chi connectivity index (χ3n) is 4.89. The molecule has 0 spiro atoms. The third-order valence-corrected chi connectivity index (χ3v) is 6.01. The van der Waals surface area contributed by atoms with Crippen molar-refractivity contribution in [3.63, 3.8) is 0 Å². The van der Waals surface area contributed by atoms with Crippen molar-refractivity contribution in [3.8, 4) is 16.2 Å². The minimum Gasteiger partial charge on any atom is -0.435 e. The molecular formula is C20H25ClF2N2O2S. The fourth-order valence-corrected chi connectivity index (χ4v) is 4.32. The van der Waals surface area contributed by atoms with Crippen LogP contribution in [0.1, 0.15) is 28.9 Å². The quantitative estimate of drug-likeness (QED) is 0.679. The van der Waals surface area contributed by atoms with Gasteiger partial charge >= 0.3 is 6.61 Å². The van der Waals surface area contributed by atoms with Gasteiger partial charge in [0.25, 0.3) is 5.91 Å². The third kappa shape index (κ3) is 5.90. The molecule has 2 heterocycles. The second kappa shape index (κ2) is 10.7. The van der Waals surface area contributed by atoms with Crippen molar-refractivity contribution in [2.75, 3.05) is 26.7 Å². The molecule has 3 rings (SSSR count). The number of thiophene rings is 1. The second-order valence-corrected chi connectivity index (χ2v) is 7.78. The number of halogens is 3. The zero-order valence-corrected chi connectivity index (χ0v) is 17.3. The van der Waals surface area contributed by atoms with Gasteiger partial charge in [0.1, 0.15) is 5.75 Å². The molecule has 1 saturated heterocycles. The predicted octanol–water partition coefficient (Wildman–Crippen LogP) is 4.90. The number of rotatable bonds is 7. The first-order chi connectivity index (χ1) is 13.1. The molecule has 1 amide bonds. The summed E-state index contributed by atoms with van der Waals surface area (Å²) in [5.41, 5.74) is 0.881. The van der Waals surface area contributed by atoms with Crippen LogP contribution < -0.4 is 10.1 Å². The highest BCUT2D eigenvalue weighted by molar-refractivity contribution is 7.17. The van der Waals surface area contributed by atoms with Crippen LogP contribution in [0.25, 0.3) is 10.4 Å². The van der Waals surface area contributed by atoms with E-state index in [2.05, 4.69) is 10.1 Å². The number of likely N-dealkylation sites (tertiary alicyclic amines) is 1. The number of nitrogens with zero attached hydrogens (tertiary/aromatic N) is 1. The van der Waals surface area contributed by atoms with E-state index in [4.69, 9.17) is 0 Å². The smallest absolute Gasteiger partial charge is 0.387 e. The largest absolute Gasteiger partial charge is 0.435 e. The van der Waals surface area contributed by atoms with Gasteiger partial charge in [-0.15, -0.1) is 23.7 Å². The van der Waals surface area contributed by atoms with E-state index in [1.165, 1.54) is 23.5 Å².